The van der Waals surface area contributed by atoms with Crippen LogP contribution in [0.4, 0.5) is 5.69 Å². The summed E-state index contributed by atoms with van der Waals surface area (Å²) in [4.78, 5) is 10.4. The van der Waals surface area contributed by atoms with E-state index in [0.717, 1.165) is 12.0 Å². The van der Waals surface area contributed by atoms with Gasteiger partial charge in [-0.1, -0.05) is 0 Å². The summed E-state index contributed by atoms with van der Waals surface area (Å²) in [5.74, 6) is 0.670. The Hall–Kier alpha value is -1.66. The molecule has 1 rings (SSSR count). The van der Waals surface area contributed by atoms with Gasteiger partial charge in [0.05, 0.1) is 11.0 Å². The topological polar surface area (TPSA) is 73.6 Å². The van der Waals surface area contributed by atoms with Crippen molar-refractivity contribution in [2.75, 3.05) is 20.8 Å². The largest absolute Gasteiger partial charge is 0.490 e. The Morgan fingerprint density at radius 1 is 1.47 bits per heavy atom. The SMILES string of the molecule is CNCc1cc([N+](=O)[O-])ccc1OC(C)CCOC. The molecule has 0 bridgehead atoms. The van der Waals surface area contributed by atoms with Crippen LogP contribution < -0.4 is 10.1 Å². The second kappa shape index (κ2) is 7.70. The Morgan fingerprint density at radius 2 is 2.21 bits per heavy atom. The van der Waals surface area contributed by atoms with Crippen molar-refractivity contribution in [2.45, 2.75) is 26.0 Å². The second-order valence-corrected chi connectivity index (χ2v) is 4.29. The molecule has 0 saturated heterocycles. The Morgan fingerprint density at radius 3 is 2.79 bits per heavy atom. The van der Waals surface area contributed by atoms with E-state index >= 15 is 0 Å². The molecule has 0 spiro atoms. The molecule has 6 nitrogen and oxygen atoms in total. The number of nitrogens with one attached hydrogen (secondary N) is 1. The zero-order valence-corrected chi connectivity index (χ0v) is 11.5. The van der Waals surface area contributed by atoms with Crippen LogP contribution >= 0.6 is 0 Å². The molecular formula is C13H20N2O4. The van der Waals surface area contributed by atoms with Crippen LogP contribution in [0.25, 0.3) is 0 Å². The Kier molecular flexibility index (Phi) is 6.24. The fourth-order valence-electron chi connectivity index (χ4n) is 1.68. The minimum atomic E-state index is -0.405. The fourth-order valence-corrected chi connectivity index (χ4v) is 1.68. The van der Waals surface area contributed by atoms with Crippen molar-refractivity contribution in [2.24, 2.45) is 0 Å². The molecule has 19 heavy (non-hydrogen) atoms. The first-order valence-electron chi connectivity index (χ1n) is 6.16. The van der Waals surface area contributed by atoms with E-state index in [4.69, 9.17) is 9.47 Å². The van der Waals surface area contributed by atoms with Crippen LogP contribution in [0, 0.1) is 10.1 Å². The minimum absolute atomic E-state index is 0.00277. The second-order valence-electron chi connectivity index (χ2n) is 4.29. The van der Waals surface area contributed by atoms with Crippen molar-refractivity contribution >= 4 is 5.69 Å². The number of rotatable bonds is 8. The van der Waals surface area contributed by atoms with Gasteiger partial charge >= 0.3 is 0 Å². The van der Waals surface area contributed by atoms with Crippen molar-refractivity contribution < 1.29 is 14.4 Å². The molecule has 106 valence electrons. The normalized spacial score (nSPS) is 12.2. The first kappa shape index (κ1) is 15.4. The van der Waals surface area contributed by atoms with Gasteiger partial charge in [-0.25, -0.2) is 0 Å². The zero-order chi connectivity index (χ0) is 14.3. The van der Waals surface area contributed by atoms with Crippen molar-refractivity contribution in [3.05, 3.63) is 33.9 Å². The average molecular weight is 268 g/mol. The van der Waals surface area contributed by atoms with Crippen molar-refractivity contribution in [1.82, 2.24) is 5.32 Å². The van der Waals surface area contributed by atoms with E-state index in [2.05, 4.69) is 5.32 Å². The van der Waals surface area contributed by atoms with Gasteiger partial charge in [0, 0.05) is 44.4 Å². The summed E-state index contributed by atoms with van der Waals surface area (Å²) < 4.78 is 10.8. The van der Waals surface area contributed by atoms with Crippen LogP contribution in [0.5, 0.6) is 5.75 Å². The zero-order valence-electron chi connectivity index (χ0n) is 11.5. The molecule has 0 aliphatic heterocycles. The van der Waals surface area contributed by atoms with E-state index in [1.54, 1.807) is 20.2 Å². The number of benzene rings is 1. The molecule has 0 fully saturated rings. The molecule has 1 unspecified atom stereocenters. The van der Waals surface area contributed by atoms with Crippen LogP contribution in [0.3, 0.4) is 0 Å². The summed E-state index contributed by atoms with van der Waals surface area (Å²) in [6.07, 6.45) is 0.768. The maximum atomic E-state index is 10.8. The Bertz CT molecular complexity index is 423. The van der Waals surface area contributed by atoms with Crippen LogP contribution in [-0.4, -0.2) is 31.8 Å². The maximum Gasteiger partial charge on any atom is 0.270 e. The molecule has 0 aromatic heterocycles. The quantitative estimate of drug-likeness (QED) is 0.577. The molecule has 1 N–H and O–H groups in total. The Balaban J connectivity index is 2.83. The highest BCUT2D eigenvalue weighted by molar-refractivity contribution is 5.43. The van der Waals surface area contributed by atoms with Gasteiger partial charge in [0.2, 0.25) is 0 Å². The average Bonchev–Trinajstić information content (AvgIpc) is 2.38. The van der Waals surface area contributed by atoms with Crippen LogP contribution in [0.15, 0.2) is 18.2 Å². The first-order valence-corrected chi connectivity index (χ1v) is 6.16. The first-order chi connectivity index (χ1) is 9.08. The summed E-state index contributed by atoms with van der Waals surface area (Å²) in [6, 6.07) is 4.64. The lowest BCUT2D eigenvalue weighted by Crippen LogP contribution is -2.16. The highest BCUT2D eigenvalue weighted by Gasteiger charge is 2.13. The smallest absolute Gasteiger partial charge is 0.270 e. The molecule has 0 saturated carbocycles. The Labute approximate surface area is 112 Å². The van der Waals surface area contributed by atoms with Gasteiger partial charge < -0.3 is 14.8 Å². The molecule has 0 aliphatic carbocycles. The number of nitro benzene ring substituents is 1. The molecular weight excluding hydrogens is 248 g/mol. The molecule has 6 heteroatoms. The minimum Gasteiger partial charge on any atom is -0.490 e. The summed E-state index contributed by atoms with van der Waals surface area (Å²) in [5, 5.41) is 13.7. The number of ether oxygens (including phenoxy) is 2. The number of hydrogen-bond acceptors (Lipinski definition) is 5. The summed E-state index contributed by atoms with van der Waals surface area (Å²) >= 11 is 0. The number of methoxy groups -OCH3 is 1. The fraction of sp³-hybridized carbons (Fsp3) is 0.538. The van der Waals surface area contributed by atoms with Gasteiger partial charge in [-0.15, -0.1) is 0 Å². The van der Waals surface area contributed by atoms with Crippen LogP contribution in [-0.2, 0) is 11.3 Å². The van der Waals surface area contributed by atoms with E-state index in [9.17, 15) is 10.1 Å². The van der Waals surface area contributed by atoms with Crippen LogP contribution in [0.1, 0.15) is 18.9 Å². The number of hydrogen-bond donors (Lipinski definition) is 1. The van der Waals surface area contributed by atoms with Gasteiger partial charge in [0.1, 0.15) is 5.75 Å². The number of non-ortho nitro benzene ring substituents is 1. The summed E-state index contributed by atoms with van der Waals surface area (Å²) in [5.41, 5.74) is 0.850. The van der Waals surface area contributed by atoms with Crippen LogP contribution in [0.2, 0.25) is 0 Å². The molecule has 0 aliphatic rings. The lowest BCUT2D eigenvalue weighted by atomic mass is 10.1. The molecule has 1 atom stereocenters. The van der Waals surface area contributed by atoms with Crippen molar-refractivity contribution in [3.63, 3.8) is 0 Å². The third-order valence-electron chi connectivity index (χ3n) is 2.68. The van der Waals surface area contributed by atoms with Gasteiger partial charge in [-0.2, -0.15) is 0 Å². The molecule has 0 radical (unpaired) electrons. The van der Waals surface area contributed by atoms with E-state index in [-0.39, 0.29) is 11.8 Å². The third-order valence-corrected chi connectivity index (χ3v) is 2.68. The van der Waals surface area contributed by atoms with Gasteiger partial charge in [0.25, 0.3) is 5.69 Å². The highest BCUT2D eigenvalue weighted by Crippen LogP contribution is 2.25. The highest BCUT2D eigenvalue weighted by atomic mass is 16.6. The van der Waals surface area contributed by atoms with E-state index < -0.39 is 4.92 Å². The predicted octanol–water partition coefficient (Wildman–Crippen LogP) is 2.12. The number of nitrogens with zero attached hydrogens (tertiary/aromatic N) is 1. The van der Waals surface area contributed by atoms with Gasteiger partial charge in [-0.3, -0.25) is 10.1 Å². The van der Waals surface area contributed by atoms with E-state index in [1.165, 1.54) is 12.1 Å². The summed E-state index contributed by atoms with van der Waals surface area (Å²) in [7, 11) is 3.43. The van der Waals surface area contributed by atoms with Crippen molar-refractivity contribution in [3.8, 4) is 5.75 Å². The predicted molar refractivity (Wildman–Crippen MR) is 72.4 cm³/mol. The monoisotopic (exact) mass is 268 g/mol. The maximum absolute atomic E-state index is 10.8. The molecule has 0 amide bonds. The van der Waals surface area contributed by atoms with Gasteiger partial charge in [-0.05, 0) is 20.0 Å². The molecule has 0 heterocycles. The van der Waals surface area contributed by atoms with Crippen molar-refractivity contribution in [1.29, 1.82) is 0 Å². The van der Waals surface area contributed by atoms with Gasteiger partial charge in [0.15, 0.2) is 0 Å². The number of nitro groups is 1. The van der Waals surface area contributed by atoms with E-state index in [0.29, 0.717) is 18.9 Å². The molecule has 1 aromatic carbocycles. The lowest BCUT2D eigenvalue weighted by Gasteiger charge is -2.17. The summed E-state index contributed by atoms with van der Waals surface area (Å²) in [6.45, 7) is 3.09. The molecule has 1 aromatic rings. The standard InChI is InChI=1S/C13H20N2O4/c1-10(6-7-18-3)19-13-5-4-12(15(16)17)8-11(13)9-14-2/h4-5,8,10,14H,6-7,9H2,1-3H3. The van der Waals surface area contributed by atoms with E-state index in [1.807, 2.05) is 6.92 Å². The lowest BCUT2D eigenvalue weighted by molar-refractivity contribution is -0.384. The third kappa shape index (κ3) is 4.84.